The van der Waals surface area contributed by atoms with Crippen LogP contribution in [0.5, 0.6) is 0 Å². The van der Waals surface area contributed by atoms with Crippen LogP contribution in [0.25, 0.3) is 0 Å². The minimum absolute atomic E-state index is 0.0560. The fraction of sp³-hybridized carbons (Fsp3) is 0.865. The smallest absolute Gasteiger partial charge is 0.362 e. The third kappa shape index (κ3) is 41.2. The standard InChI is InChI=1S/C52H97NO7/c1-6-8-10-12-14-16-18-20-22-23-24-25-26-27-28-29-31-32-34-36-38-40-42-50(54)59-47-48(46-58-45-44-49(52(56)57)53(3,4)5)60-51(55)43-41-39-37-35-33-30-21-19-17-15-13-11-9-7-2/h26-27,30,33,48-49H,6-25,28-29,31-32,34-47H2,1-5H3/p+1/b27-26+,33-30+. The first kappa shape index (κ1) is 57.8. The molecule has 0 fully saturated rings. The van der Waals surface area contributed by atoms with E-state index in [4.69, 9.17) is 14.2 Å². The number of quaternary nitrogens is 1. The highest BCUT2D eigenvalue weighted by Gasteiger charge is 2.31. The maximum Gasteiger partial charge on any atom is 0.362 e. The van der Waals surface area contributed by atoms with E-state index in [1.54, 1.807) is 0 Å². The summed E-state index contributed by atoms with van der Waals surface area (Å²) >= 11 is 0. The van der Waals surface area contributed by atoms with Crippen molar-refractivity contribution < 1.29 is 38.2 Å². The van der Waals surface area contributed by atoms with Crippen molar-refractivity contribution in [3.05, 3.63) is 24.3 Å². The van der Waals surface area contributed by atoms with E-state index >= 15 is 0 Å². The third-order valence-electron chi connectivity index (χ3n) is 11.6. The van der Waals surface area contributed by atoms with Crippen molar-refractivity contribution in [3.63, 3.8) is 0 Å². The maximum atomic E-state index is 12.7. The van der Waals surface area contributed by atoms with E-state index in [0.717, 1.165) is 51.4 Å². The highest BCUT2D eigenvalue weighted by atomic mass is 16.6. The second-order valence-electron chi connectivity index (χ2n) is 18.4. The van der Waals surface area contributed by atoms with Crippen molar-refractivity contribution >= 4 is 17.9 Å². The molecule has 0 saturated heterocycles. The van der Waals surface area contributed by atoms with Gasteiger partial charge in [-0.15, -0.1) is 0 Å². The average molecular weight is 849 g/mol. The number of rotatable bonds is 46. The van der Waals surface area contributed by atoms with Crippen LogP contribution < -0.4 is 0 Å². The van der Waals surface area contributed by atoms with Crippen LogP contribution in [-0.4, -0.2) is 80.6 Å². The number of aliphatic carboxylic acids is 1. The molecule has 0 saturated carbocycles. The zero-order valence-corrected chi connectivity index (χ0v) is 40.2. The van der Waals surface area contributed by atoms with E-state index in [2.05, 4.69) is 38.2 Å². The van der Waals surface area contributed by atoms with Gasteiger partial charge in [-0.1, -0.05) is 179 Å². The lowest BCUT2D eigenvalue weighted by Gasteiger charge is -2.31. The van der Waals surface area contributed by atoms with Gasteiger partial charge in [-0.3, -0.25) is 9.59 Å². The molecule has 0 spiro atoms. The Hall–Kier alpha value is -2.19. The Balaban J connectivity index is 4.21. The number of nitrogens with zero attached hydrogens (tertiary/aromatic N) is 1. The summed E-state index contributed by atoms with van der Waals surface area (Å²) in [6, 6.07) is -0.616. The summed E-state index contributed by atoms with van der Waals surface area (Å²) < 4.78 is 17.3. The van der Waals surface area contributed by atoms with Crippen LogP contribution in [0.1, 0.15) is 239 Å². The van der Waals surface area contributed by atoms with Crippen LogP contribution in [0.3, 0.4) is 0 Å². The van der Waals surface area contributed by atoms with Gasteiger partial charge in [0.05, 0.1) is 34.4 Å². The normalized spacial score (nSPS) is 13.0. The molecule has 8 heteroatoms. The molecule has 0 aliphatic heterocycles. The Morgan fingerprint density at radius 1 is 0.483 bits per heavy atom. The topological polar surface area (TPSA) is 99.1 Å². The summed E-state index contributed by atoms with van der Waals surface area (Å²) in [6.45, 7) is 4.74. The second kappa shape index (κ2) is 43.5. The van der Waals surface area contributed by atoms with Gasteiger partial charge in [-0.2, -0.15) is 0 Å². The third-order valence-corrected chi connectivity index (χ3v) is 11.6. The predicted molar refractivity (Wildman–Crippen MR) is 252 cm³/mol. The number of ether oxygens (including phenoxy) is 3. The zero-order chi connectivity index (χ0) is 44.2. The number of hydrogen-bond donors (Lipinski definition) is 1. The number of esters is 2. The van der Waals surface area contributed by atoms with Gasteiger partial charge in [0.1, 0.15) is 6.61 Å². The molecule has 2 unspecified atom stereocenters. The fourth-order valence-electron chi connectivity index (χ4n) is 7.61. The molecule has 0 aliphatic rings. The Bertz CT molecular complexity index is 1040. The van der Waals surface area contributed by atoms with E-state index in [0.29, 0.717) is 19.3 Å². The summed E-state index contributed by atoms with van der Waals surface area (Å²) in [5, 5.41) is 9.64. The van der Waals surface area contributed by atoms with Gasteiger partial charge in [0, 0.05) is 19.3 Å². The molecule has 0 aliphatic carbocycles. The Morgan fingerprint density at radius 3 is 1.22 bits per heavy atom. The minimum atomic E-state index is -0.875. The lowest BCUT2D eigenvalue weighted by atomic mass is 10.0. The highest BCUT2D eigenvalue weighted by molar-refractivity contribution is 5.72. The summed E-state index contributed by atoms with van der Waals surface area (Å²) in [5.41, 5.74) is 0. The SMILES string of the molecule is CCCCCCCCC/C=C/CCCCCC(=O)OC(COCCC(C(=O)O)[N+](C)(C)C)COC(=O)CCCCCCCCC/C=C/CCCCCCCCCCCCC. The van der Waals surface area contributed by atoms with Crippen molar-refractivity contribution in [2.75, 3.05) is 41.0 Å². The van der Waals surface area contributed by atoms with Crippen molar-refractivity contribution in [3.8, 4) is 0 Å². The highest BCUT2D eigenvalue weighted by Crippen LogP contribution is 2.15. The molecular formula is C52H98NO7+. The lowest BCUT2D eigenvalue weighted by Crippen LogP contribution is -2.50. The molecule has 0 aromatic rings. The average Bonchev–Trinajstić information content (AvgIpc) is 3.21. The first-order valence-corrected chi connectivity index (χ1v) is 25.4. The molecular weight excluding hydrogens is 751 g/mol. The van der Waals surface area contributed by atoms with E-state index in [1.165, 1.54) is 154 Å². The number of carboxylic acids is 1. The molecule has 60 heavy (non-hydrogen) atoms. The van der Waals surface area contributed by atoms with Crippen molar-refractivity contribution in [1.29, 1.82) is 0 Å². The van der Waals surface area contributed by atoms with Gasteiger partial charge in [0.15, 0.2) is 12.1 Å². The molecule has 0 aromatic carbocycles. The monoisotopic (exact) mass is 849 g/mol. The van der Waals surface area contributed by atoms with Gasteiger partial charge in [-0.25, -0.2) is 4.79 Å². The molecule has 0 radical (unpaired) electrons. The molecule has 8 nitrogen and oxygen atoms in total. The van der Waals surface area contributed by atoms with Gasteiger partial charge in [-0.05, 0) is 64.2 Å². The van der Waals surface area contributed by atoms with Crippen LogP contribution in [0.2, 0.25) is 0 Å². The zero-order valence-electron chi connectivity index (χ0n) is 40.2. The number of carboxylic acid groups (broad SMARTS) is 1. The number of carbonyl (C=O) groups excluding carboxylic acids is 2. The molecule has 0 heterocycles. The number of hydrogen-bond acceptors (Lipinski definition) is 6. The van der Waals surface area contributed by atoms with Crippen LogP contribution >= 0.6 is 0 Å². The number of carbonyl (C=O) groups is 3. The molecule has 0 rings (SSSR count). The Labute approximate surface area is 371 Å². The van der Waals surface area contributed by atoms with Crippen LogP contribution in [0, 0.1) is 0 Å². The molecule has 352 valence electrons. The van der Waals surface area contributed by atoms with E-state index < -0.39 is 18.1 Å². The van der Waals surface area contributed by atoms with E-state index in [9.17, 15) is 19.5 Å². The molecule has 0 aromatic heterocycles. The van der Waals surface area contributed by atoms with Crippen LogP contribution in [0.4, 0.5) is 0 Å². The quantitative estimate of drug-likeness (QED) is 0.0282. The minimum Gasteiger partial charge on any atom is -0.477 e. The molecule has 0 bridgehead atoms. The summed E-state index contributed by atoms with van der Waals surface area (Å²) in [7, 11) is 5.53. The van der Waals surface area contributed by atoms with Crippen LogP contribution in [-0.2, 0) is 28.6 Å². The summed E-state index contributed by atoms with van der Waals surface area (Å²) in [5.74, 6) is -1.48. The lowest BCUT2D eigenvalue weighted by molar-refractivity contribution is -0.887. The molecule has 0 amide bonds. The van der Waals surface area contributed by atoms with Gasteiger partial charge in [0.25, 0.3) is 0 Å². The first-order valence-electron chi connectivity index (χ1n) is 25.4. The van der Waals surface area contributed by atoms with E-state index in [-0.39, 0.29) is 36.2 Å². The first-order chi connectivity index (χ1) is 29.1. The number of allylic oxidation sites excluding steroid dienone is 4. The molecule has 1 N–H and O–H groups in total. The van der Waals surface area contributed by atoms with Gasteiger partial charge < -0.3 is 23.8 Å². The van der Waals surface area contributed by atoms with Crippen molar-refractivity contribution in [1.82, 2.24) is 0 Å². The van der Waals surface area contributed by atoms with Crippen LogP contribution in [0.15, 0.2) is 24.3 Å². The molecule has 2 atom stereocenters. The fourth-order valence-corrected chi connectivity index (χ4v) is 7.61. The Morgan fingerprint density at radius 2 is 0.833 bits per heavy atom. The predicted octanol–water partition coefficient (Wildman–Crippen LogP) is 14.4. The summed E-state index contributed by atoms with van der Waals surface area (Å²) in [6.07, 6.45) is 49.5. The summed E-state index contributed by atoms with van der Waals surface area (Å²) in [4.78, 5) is 37.1. The van der Waals surface area contributed by atoms with Crippen molar-refractivity contribution in [2.24, 2.45) is 0 Å². The number of unbranched alkanes of at least 4 members (excludes halogenated alkanes) is 28. The second-order valence-corrected chi connectivity index (χ2v) is 18.4. The maximum absolute atomic E-state index is 12.7. The Kier molecular flexibility index (Phi) is 41.9. The van der Waals surface area contributed by atoms with Crippen molar-refractivity contribution in [2.45, 2.75) is 251 Å². The number of likely N-dealkylation sites (N-methyl/N-ethyl adjacent to an activating group) is 1. The largest absolute Gasteiger partial charge is 0.477 e. The van der Waals surface area contributed by atoms with E-state index in [1.807, 2.05) is 21.1 Å². The van der Waals surface area contributed by atoms with Gasteiger partial charge >= 0.3 is 17.9 Å². The van der Waals surface area contributed by atoms with Gasteiger partial charge in [0.2, 0.25) is 0 Å².